The van der Waals surface area contributed by atoms with E-state index in [9.17, 15) is 0 Å². The monoisotopic (exact) mass is 125 g/mol. The number of rotatable bonds is 0. The lowest BCUT2D eigenvalue weighted by Crippen LogP contribution is -2.33. The molecule has 5 N–H and O–H groups in total. The quantitative estimate of drug-likeness (QED) is 0.413. The molecule has 0 amide bonds. The summed E-state index contributed by atoms with van der Waals surface area (Å²) in [4.78, 5) is 0. The standard InChI is InChI=1S/C6H11N3/c1-4-2-3-5(7)6(8)9-4/h2-4,9H,7-8H2,1H3. The third-order valence-electron chi connectivity index (χ3n) is 1.26. The highest BCUT2D eigenvalue weighted by molar-refractivity contribution is 5.25. The minimum absolute atomic E-state index is 0.303. The minimum atomic E-state index is 0.303. The maximum atomic E-state index is 5.46. The lowest BCUT2D eigenvalue weighted by molar-refractivity contribution is 0.698. The van der Waals surface area contributed by atoms with Gasteiger partial charge in [0.25, 0.3) is 0 Å². The van der Waals surface area contributed by atoms with Crippen LogP contribution in [0.15, 0.2) is 23.7 Å². The Morgan fingerprint density at radius 2 is 2.22 bits per heavy atom. The SMILES string of the molecule is CC1C=CC(N)=C(N)N1. The summed E-state index contributed by atoms with van der Waals surface area (Å²) in [6.07, 6.45) is 3.78. The molecule has 0 aromatic carbocycles. The Balaban J connectivity index is 2.75. The second-order valence-electron chi connectivity index (χ2n) is 2.16. The van der Waals surface area contributed by atoms with Crippen LogP contribution in [0.5, 0.6) is 0 Å². The van der Waals surface area contributed by atoms with Gasteiger partial charge in [0.15, 0.2) is 0 Å². The number of hydrogen-bond donors (Lipinski definition) is 3. The molecule has 0 bridgehead atoms. The summed E-state index contributed by atoms with van der Waals surface area (Å²) in [5, 5.41) is 2.97. The third-order valence-corrected chi connectivity index (χ3v) is 1.26. The van der Waals surface area contributed by atoms with Gasteiger partial charge in [0, 0.05) is 6.04 Å². The fourth-order valence-corrected chi connectivity index (χ4v) is 0.715. The van der Waals surface area contributed by atoms with Crippen molar-refractivity contribution in [1.82, 2.24) is 5.32 Å². The molecule has 0 aromatic heterocycles. The predicted octanol–water partition coefficient (Wildman–Crippen LogP) is -0.379. The first-order valence-electron chi connectivity index (χ1n) is 2.90. The average molecular weight is 125 g/mol. The molecule has 1 rings (SSSR count). The van der Waals surface area contributed by atoms with Crippen molar-refractivity contribution >= 4 is 0 Å². The fourth-order valence-electron chi connectivity index (χ4n) is 0.715. The molecule has 0 fully saturated rings. The van der Waals surface area contributed by atoms with E-state index in [-0.39, 0.29) is 0 Å². The van der Waals surface area contributed by atoms with Gasteiger partial charge < -0.3 is 16.8 Å². The highest BCUT2D eigenvalue weighted by atomic mass is 15.0. The molecule has 0 spiro atoms. The van der Waals surface area contributed by atoms with Crippen LogP contribution in [0.2, 0.25) is 0 Å². The average Bonchev–Trinajstić information content (AvgIpc) is 1.80. The number of nitrogens with one attached hydrogen (secondary N) is 1. The Hall–Kier alpha value is -1.12. The highest BCUT2D eigenvalue weighted by Crippen LogP contribution is 2.00. The molecular formula is C6H11N3. The maximum absolute atomic E-state index is 5.46. The van der Waals surface area contributed by atoms with Crippen molar-refractivity contribution in [3.8, 4) is 0 Å². The first-order chi connectivity index (χ1) is 4.20. The number of dihydropyridines is 1. The van der Waals surface area contributed by atoms with E-state index in [2.05, 4.69) is 5.32 Å². The zero-order valence-electron chi connectivity index (χ0n) is 5.39. The molecule has 1 unspecified atom stereocenters. The van der Waals surface area contributed by atoms with Crippen LogP contribution in [0.25, 0.3) is 0 Å². The van der Waals surface area contributed by atoms with Gasteiger partial charge in [-0.1, -0.05) is 6.08 Å². The minimum Gasteiger partial charge on any atom is -0.396 e. The second-order valence-corrected chi connectivity index (χ2v) is 2.16. The summed E-state index contributed by atoms with van der Waals surface area (Å²) in [5.74, 6) is 0.574. The first kappa shape index (κ1) is 6.01. The van der Waals surface area contributed by atoms with Gasteiger partial charge in [-0.25, -0.2) is 0 Å². The molecule has 0 saturated carbocycles. The van der Waals surface area contributed by atoms with E-state index in [4.69, 9.17) is 11.5 Å². The van der Waals surface area contributed by atoms with Gasteiger partial charge in [-0.05, 0) is 13.0 Å². The Morgan fingerprint density at radius 1 is 1.56 bits per heavy atom. The van der Waals surface area contributed by atoms with Crippen LogP contribution in [0, 0.1) is 0 Å². The van der Waals surface area contributed by atoms with Gasteiger partial charge in [-0.3, -0.25) is 0 Å². The van der Waals surface area contributed by atoms with E-state index in [0.717, 1.165) is 0 Å². The molecule has 9 heavy (non-hydrogen) atoms. The van der Waals surface area contributed by atoms with Crippen molar-refractivity contribution in [1.29, 1.82) is 0 Å². The zero-order chi connectivity index (χ0) is 6.85. The zero-order valence-corrected chi connectivity index (χ0v) is 5.39. The second kappa shape index (κ2) is 2.01. The smallest absolute Gasteiger partial charge is 0.120 e. The van der Waals surface area contributed by atoms with Crippen LogP contribution in [-0.2, 0) is 0 Å². The summed E-state index contributed by atoms with van der Waals surface area (Å²) in [5.41, 5.74) is 11.5. The van der Waals surface area contributed by atoms with E-state index < -0.39 is 0 Å². The number of hydrogen-bond acceptors (Lipinski definition) is 3. The van der Waals surface area contributed by atoms with Crippen LogP contribution in [0.4, 0.5) is 0 Å². The Labute approximate surface area is 54.4 Å². The lowest BCUT2D eigenvalue weighted by Gasteiger charge is -2.16. The summed E-state index contributed by atoms with van der Waals surface area (Å²) >= 11 is 0. The molecule has 0 aromatic rings. The molecule has 50 valence electrons. The molecule has 1 heterocycles. The molecular weight excluding hydrogens is 114 g/mol. The molecule has 3 nitrogen and oxygen atoms in total. The van der Waals surface area contributed by atoms with Crippen molar-refractivity contribution < 1.29 is 0 Å². The fraction of sp³-hybridized carbons (Fsp3) is 0.333. The van der Waals surface area contributed by atoms with E-state index in [0.29, 0.717) is 17.6 Å². The Bertz CT molecular complexity index is 169. The number of nitrogens with two attached hydrogens (primary N) is 2. The molecule has 1 atom stereocenters. The van der Waals surface area contributed by atoms with Gasteiger partial charge in [0.1, 0.15) is 5.82 Å². The van der Waals surface area contributed by atoms with E-state index in [1.165, 1.54) is 0 Å². The van der Waals surface area contributed by atoms with Crippen molar-refractivity contribution in [3.63, 3.8) is 0 Å². The summed E-state index contributed by atoms with van der Waals surface area (Å²) in [7, 11) is 0. The van der Waals surface area contributed by atoms with E-state index in [1.54, 1.807) is 0 Å². The van der Waals surface area contributed by atoms with Gasteiger partial charge in [-0.15, -0.1) is 0 Å². The van der Waals surface area contributed by atoms with E-state index >= 15 is 0 Å². The molecule has 1 aliphatic heterocycles. The van der Waals surface area contributed by atoms with Crippen LogP contribution < -0.4 is 16.8 Å². The van der Waals surface area contributed by atoms with Crippen LogP contribution in [-0.4, -0.2) is 6.04 Å². The Morgan fingerprint density at radius 3 is 2.67 bits per heavy atom. The summed E-state index contributed by atoms with van der Waals surface area (Å²) in [6, 6.07) is 0.303. The van der Waals surface area contributed by atoms with Crippen LogP contribution >= 0.6 is 0 Å². The summed E-state index contributed by atoms with van der Waals surface area (Å²) < 4.78 is 0. The molecule has 0 saturated heterocycles. The molecule has 0 radical (unpaired) electrons. The van der Waals surface area contributed by atoms with Crippen LogP contribution in [0.3, 0.4) is 0 Å². The summed E-state index contributed by atoms with van der Waals surface area (Å²) in [6.45, 7) is 2.01. The van der Waals surface area contributed by atoms with Gasteiger partial charge in [-0.2, -0.15) is 0 Å². The Kier molecular flexibility index (Phi) is 1.34. The predicted molar refractivity (Wildman–Crippen MR) is 37.1 cm³/mol. The lowest BCUT2D eigenvalue weighted by atomic mass is 10.2. The normalized spacial score (nSPS) is 26.1. The van der Waals surface area contributed by atoms with Crippen molar-refractivity contribution in [3.05, 3.63) is 23.7 Å². The highest BCUT2D eigenvalue weighted by Gasteiger charge is 2.04. The third kappa shape index (κ3) is 1.16. The van der Waals surface area contributed by atoms with Crippen molar-refractivity contribution in [2.24, 2.45) is 11.5 Å². The largest absolute Gasteiger partial charge is 0.396 e. The van der Waals surface area contributed by atoms with Crippen LogP contribution in [0.1, 0.15) is 6.92 Å². The first-order valence-corrected chi connectivity index (χ1v) is 2.90. The maximum Gasteiger partial charge on any atom is 0.120 e. The van der Waals surface area contributed by atoms with Gasteiger partial charge in [0.2, 0.25) is 0 Å². The van der Waals surface area contributed by atoms with E-state index in [1.807, 2.05) is 19.1 Å². The van der Waals surface area contributed by atoms with Crippen molar-refractivity contribution in [2.45, 2.75) is 13.0 Å². The molecule has 0 aliphatic carbocycles. The molecule has 3 heteroatoms. The number of allylic oxidation sites excluding steroid dienone is 1. The van der Waals surface area contributed by atoms with Crippen molar-refractivity contribution in [2.75, 3.05) is 0 Å². The van der Waals surface area contributed by atoms with Gasteiger partial charge >= 0.3 is 0 Å². The molecule has 1 aliphatic rings. The topological polar surface area (TPSA) is 64.1 Å². The van der Waals surface area contributed by atoms with Gasteiger partial charge in [0.05, 0.1) is 5.70 Å².